The number of amides is 3. The van der Waals surface area contributed by atoms with E-state index < -0.39 is 49.1 Å². The van der Waals surface area contributed by atoms with Gasteiger partial charge in [-0.2, -0.15) is 8.78 Å². The van der Waals surface area contributed by atoms with E-state index in [-0.39, 0.29) is 24.2 Å². The van der Waals surface area contributed by atoms with Gasteiger partial charge in [-0.3, -0.25) is 19.8 Å². The molecule has 0 radical (unpaired) electrons. The Morgan fingerprint density at radius 1 is 1.12 bits per heavy atom. The molecule has 0 saturated carbocycles. The van der Waals surface area contributed by atoms with Crippen molar-refractivity contribution in [3.63, 3.8) is 0 Å². The van der Waals surface area contributed by atoms with Crippen LogP contribution in [-0.4, -0.2) is 60.3 Å². The highest BCUT2D eigenvalue weighted by atomic mass is 32.1. The summed E-state index contributed by atoms with van der Waals surface area (Å²) in [6, 6.07) is 13.7. The number of halogens is 2. The molecule has 2 aliphatic rings. The summed E-state index contributed by atoms with van der Waals surface area (Å²) in [4.78, 5) is 41.5. The maximum absolute atomic E-state index is 13.3. The topological polar surface area (TPSA) is 138 Å². The van der Waals surface area contributed by atoms with Crippen molar-refractivity contribution < 1.29 is 27.9 Å². The number of carbonyl (C=O) groups is 3. The van der Waals surface area contributed by atoms with E-state index in [1.165, 1.54) is 21.8 Å². The fraction of sp³-hybridized carbons (Fsp3) is 0.355. The smallest absolute Gasteiger partial charge is 0.345 e. The quantitative estimate of drug-likeness (QED) is 0.213. The molecule has 3 aromatic rings. The van der Waals surface area contributed by atoms with Gasteiger partial charge in [-0.1, -0.05) is 44.2 Å². The number of carbonyl (C=O) groups excluding carboxylic acids is 3. The van der Waals surface area contributed by atoms with Gasteiger partial charge in [0.25, 0.3) is 5.91 Å². The van der Waals surface area contributed by atoms with Crippen LogP contribution in [0.15, 0.2) is 53.9 Å². The van der Waals surface area contributed by atoms with Crippen molar-refractivity contribution in [2.45, 2.75) is 57.4 Å². The largest absolute Gasteiger partial charge is 0.384 e. The Morgan fingerprint density at radius 3 is 2.53 bits per heavy atom. The first-order valence-corrected chi connectivity index (χ1v) is 14.7. The predicted octanol–water partition coefficient (Wildman–Crippen LogP) is 4.15. The maximum Gasteiger partial charge on any atom is 0.345 e. The van der Waals surface area contributed by atoms with Crippen molar-refractivity contribution in [2.75, 3.05) is 13.1 Å². The van der Waals surface area contributed by atoms with Crippen LogP contribution >= 0.6 is 11.3 Å². The number of nitrogens with two attached hydrogens (primary N) is 1. The van der Waals surface area contributed by atoms with Gasteiger partial charge in [-0.25, -0.2) is 0 Å². The summed E-state index contributed by atoms with van der Waals surface area (Å²) in [7, 11) is 0. The van der Waals surface area contributed by atoms with Crippen molar-refractivity contribution in [3.8, 4) is 11.1 Å². The lowest BCUT2D eigenvalue weighted by molar-refractivity contribution is -0.160. The van der Waals surface area contributed by atoms with Crippen LogP contribution in [0.2, 0.25) is 0 Å². The first kappa shape index (κ1) is 30.3. The van der Waals surface area contributed by atoms with Crippen LogP contribution < -0.4 is 16.4 Å². The second kappa shape index (κ2) is 11.8. The first-order chi connectivity index (χ1) is 20.4. The third kappa shape index (κ3) is 6.02. The van der Waals surface area contributed by atoms with Crippen LogP contribution in [0, 0.1) is 5.41 Å². The van der Waals surface area contributed by atoms with Gasteiger partial charge < -0.3 is 26.0 Å². The van der Waals surface area contributed by atoms with E-state index in [2.05, 4.69) is 41.4 Å². The highest BCUT2D eigenvalue weighted by Gasteiger charge is 2.41. The Hall–Kier alpha value is -4.16. The van der Waals surface area contributed by atoms with Crippen LogP contribution in [0.5, 0.6) is 0 Å². The molecule has 12 heteroatoms. The van der Waals surface area contributed by atoms with E-state index in [1.54, 1.807) is 24.4 Å². The predicted molar refractivity (Wildman–Crippen MR) is 159 cm³/mol. The minimum Gasteiger partial charge on any atom is -0.384 e. The fourth-order valence-electron chi connectivity index (χ4n) is 5.87. The van der Waals surface area contributed by atoms with Gasteiger partial charge in [0.1, 0.15) is 11.9 Å². The number of amidine groups is 1. The molecule has 2 heterocycles. The van der Waals surface area contributed by atoms with E-state index in [1.807, 2.05) is 24.3 Å². The normalized spacial score (nSPS) is 19.1. The Labute approximate surface area is 251 Å². The second-order valence-corrected chi connectivity index (χ2v) is 12.3. The second-order valence-electron chi connectivity index (χ2n) is 11.3. The van der Waals surface area contributed by atoms with E-state index in [0.717, 1.165) is 21.6 Å². The van der Waals surface area contributed by atoms with Gasteiger partial charge in [0, 0.05) is 39.8 Å². The number of rotatable bonds is 9. The number of alkyl halides is 2. The van der Waals surface area contributed by atoms with Crippen molar-refractivity contribution in [1.29, 1.82) is 5.41 Å². The zero-order chi connectivity index (χ0) is 31.1. The van der Waals surface area contributed by atoms with Crippen LogP contribution in [0.1, 0.15) is 65.2 Å². The molecule has 0 spiro atoms. The number of nitrogens with zero attached hydrogens (tertiary/aromatic N) is 1. The molecule has 9 nitrogen and oxygen atoms in total. The lowest BCUT2D eigenvalue weighted by Gasteiger charge is -2.25. The monoisotopic (exact) mass is 609 g/mol. The van der Waals surface area contributed by atoms with E-state index >= 15 is 0 Å². The first-order valence-electron chi connectivity index (χ1n) is 13.9. The van der Waals surface area contributed by atoms with E-state index in [9.17, 15) is 23.2 Å². The Balaban J connectivity index is 1.26. The molecule has 3 atom stereocenters. The number of hydrogen-bond donors (Lipinski definition) is 4. The van der Waals surface area contributed by atoms with E-state index in [0.29, 0.717) is 11.1 Å². The van der Waals surface area contributed by atoms with Crippen LogP contribution in [0.3, 0.4) is 0 Å². The molecular weight excluding hydrogens is 576 g/mol. The van der Waals surface area contributed by atoms with Gasteiger partial charge in [0.2, 0.25) is 11.8 Å². The lowest BCUT2D eigenvalue weighted by atomic mass is 9.82. The minimum atomic E-state index is -3.06. The average molecular weight is 610 g/mol. The van der Waals surface area contributed by atoms with Gasteiger partial charge >= 0.3 is 6.61 Å². The molecule has 1 aliphatic carbocycles. The van der Waals surface area contributed by atoms with Crippen LogP contribution in [0.4, 0.5) is 8.78 Å². The molecule has 0 bridgehead atoms. The number of ether oxygens (including phenoxy) is 1. The number of fused-ring (bicyclic) bond motifs is 3. The summed E-state index contributed by atoms with van der Waals surface area (Å²) in [6.45, 7) is 2.23. The molecule has 1 fully saturated rings. The maximum atomic E-state index is 13.3. The van der Waals surface area contributed by atoms with Crippen LogP contribution in [-0.2, 0) is 19.7 Å². The molecule has 43 heavy (non-hydrogen) atoms. The number of nitrogen functional groups attached to an aromatic ring is 1. The number of nitrogens with one attached hydrogen (secondary N) is 3. The summed E-state index contributed by atoms with van der Waals surface area (Å²) in [5.41, 5.74) is 10.5. The van der Waals surface area contributed by atoms with Gasteiger partial charge in [0.15, 0.2) is 0 Å². The summed E-state index contributed by atoms with van der Waals surface area (Å²) >= 11 is 1.31. The third-order valence-corrected chi connectivity index (χ3v) is 9.26. The fourth-order valence-corrected chi connectivity index (χ4v) is 6.79. The summed E-state index contributed by atoms with van der Waals surface area (Å²) in [6.07, 6.45) is -1.16. The van der Waals surface area contributed by atoms with E-state index in [4.69, 9.17) is 11.1 Å². The highest BCUT2D eigenvalue weighted by Crippen LogP contribution is 2.48. The van der Waals surface area contributed by atoms with Gasteiger partial charge in [-0.15, -0.1) is 11.3 Å². The Kier molecular flexibility index (Phi) is 8.35. The summed E-state index contributed by atoms with van der Waals surface area (Å²) in [5, 5.41) is 14.7. The molecular formula is C31H33F2N5O4S. The molecule has 226 valence electrons. The number of likely N-dealkylation sites (tertiary alicyclic amines) is 1. The van der Waals surface area contributed by atoms with Crippen molar-refractivity contribution in [3.05, 3.63) is 81.0 Å². The number of thiophene rings is 1. The van der Waals surface area contributed by atoms with Crippen molar-refractivity contribution in [1.82, 2.24) is 15.5 Å². The number of hydrogen-bond acceptors (Lipinski definition) is 6. The molecule has 5 N–H and O–H groups in total. The minimum absolute atomic E-state index is 0.101. The Bertz CT molecular complexity index is 1590. The standard InChI is InChI=1S/C31H33F2N5O4S/c1-16(25-11-18(15-43-25)27(34)35)37-29(41)24-12-19(42-30(32)33)14-38(24)26(39)13-36-28(40)17-8-9-21-20-6-4-5-7-22(20)31(2,3)23(21)10-17/h4-11,15-16,19,24,30H,12-14H2,1-3H3,(H3,34,35)(H,36,40)(H,37,41)/t16?,19-,24+/m1/s1. The van der Waals surface area contributed by atoms with Crippen LogP contribution in [0.25, 0.3) is 11.1 Å². The third-order valence-electron chi connectivity index (χ3n) is 8.14. The molecule has 2 aromatic carbocycles. The number of benzene rings is 2. The molecule has 1 saturated heterocycles. The van der Waals surface area contributed by atoms with Crippen molar-refractivity contribution in [2.24, 2.45) is 5.73 Å². The summed E-state index contributed by atoms with van der Waals surface area (Å²) in [5.74, 6) is -1.69. The lowest BCUT2D eigenvalue weighted by Crippen LogP contribution is -2.49. The van der Waals surface area contributed by atoms with Crippen molar-refractivity contribution >= 4 is 34.9 Å². The summed E-state index contributed by atoms with van der Waals surface area (Å²) < 4.78 is 30.7. The van der Waals surface area contributed by atoms with Gasteiger partial charge in [-0.05, 0) is 47.4 Å². The highest BCUT2D eigenvalue weighted by molar-refractivity contribution is 7.10. The zero-order valence-corrected chi connectivity index (χ0v) is 24.8. The SMILES string of the molecule is CC(NC(=O)[C@@H]1C[C@@H](OC(F)F)CN1C(=O)CNC(=O)c1ccc2c(c1)C(C)(C)c1ccccc1-2)c1cc(C(=N)N)cs1. The molecule has 3 amide bonds. The molecule has 1 aromatic heterocycles. The Morgan fingerprint density at radius 2 is 1.84 bits per heavy atom. The average Bonchev–Trinajstić information content (AvgIpc) is 3.68. The molecule has 1 unspecified atom stereocenters. The molecule has 5 rings (SSSR count). The zero-order valence-electron chi connectivity index (χ0n) is 23.9. The van der Waals surface area contributed by atoms with Gasteiger partial charge in [0.05, 0.1) is 18.7 Å². The molecule has 1 aliphatic heterocycles.